The number of pyridine rings is 1. The van der Waals surface area contributed by atoms with Crippen molar-refractivity contribution in [3.8, 4) is 0 Å². The molecule has 0 bridgehead atoms. The highest BCUT2D eigenvalue weighted by molar-refractivity contribution is 6.06. The molecule has 0 amide bonds. The monoisotopic (exact) mass is 283 g/mol. The first-order valence-corrected chi connectivity index (χ1v) is 7.58. The lowest BCUT2D eigenvalue weighted by Gasteiger charge is -2.29. The molecule has 0 fully saturated rings. The average molecular weight is 283 g/mol. The molecular weight excluding hydrogens is 262 g/mol. The van der Waals surface area contributed by atoms with Crippen LogP contribution in [0.1, 0.15) is 71.3 Å². The molecule has 1 aromatic heterocycles. The van der Waals surface area contributed by atoms with Crippen LogP contribution in [0.25, 0.3) is 10.9 Å². The smallest absolute Gasteiger partial charge is 0.336 e. The van der Waals surface area contributed by atoms with E-state index in [9.17, 15) is 9.90 Å². The van der Waals surface area contributed by atoms with Crippen LogP contribution in [0.15, 0.2) is 12.1 Å². The quantitative estimate of drug-likeness (QED) is 0.835. The highest BCUT2D eigenvalue weighted by Gasteiger charge is 2.30. The second-order valence-electron chi connectivity index (χ2n) is 6.45. The van der Waals surface area contributed by atoms with Crippen LogP contribution in [0.5, 0.6) is 0 Å². The van der Waals surface area contributed by atoms with Crippen LogP contribution in [0.3, 0.4) is 0 Å². The summed E-state index contributed by atoms with van der Waals surface area (Å²) in [5, 5.41) is 10.6. The largest absolute Gasteiger partial charge is 0.478 e. The summed E-state index contributed by atoms with van der Waals surface area (Å²) in [5.74, 6) is -0.231. The minimum absolute atomic E-state index is 0.264. The number of fused-ring (bicyclic) bond motifs is 2. The third kappa shape index (κ3) is 2.11. The van der Waals surface area contributed by atoms with E-state index in [-0.39, 0.29) is 5.92 Å². The number of aryl methyl sites for hydroxylation is 2. The van der Waals surface area contributed by atoms with Gasteiger partial charge in [0.2, 0.25) is 0 Å². The second kappa shape index (κ2) is 4.83. The Balaban J connectivity index is 2.50. The average Bonchev–Trinajstić information content (AvgIpc) is 2.40. The van der Waals surface area contributed by atoms with Gasteiger partial charge in [0.25, 0.3) is 0 Å². The third-order valence-electron chi connectivity index (χ3n) is 4.70. The first-order valence-electron chi connectivity index (χ1n) is 7.58. The maximum Gasteiger partial charge on any atom is 0.336 e. The number of carbonyl (C=O) groups is 1. The zero-order valence-corrected chi connectivity index (χ0v) is 13.0. The Kier molecular flexibility index (Phi) is 3.23. The Morgan fingerprint density at radius 3 is 2.52 bits per heavy atom. The van der Waals surface area contributed by atoms with Gasteiger partial charge in [-0.15, -0.1) is 0 Å². The number of carboxylic acids is 1. The minimum Gasteiger partial charge on any atom is -0.478 e. The molecule has 21 heavy (non-hydrogen) atoms. The zero-order chi connectivity index (χ0) is 15.3. The fourth-order valence-corrected chi connectivity index (χ4v) is 3.69. The van der Waals surface area contributed by atoms with Gasteiger partial charge >= 0.3 is 5.97 Å². The summed E-state index contributed by atoms with van der Waals surface area (Å²) >= 11 is 0. The van der Waals surface area contributed by atoms with Crippen LogP contribution < -0.4 is 0 Å². The SMILES string of the molecule is Cc1cc(C)c2c(C(=O)O)c3c(nc2c1)C(C)CCC3C. The van der Waals surface area contributed by atoms with Gasteiger partial charge in [0.05, 0.1) is 11.1 Å². The number of rotatable bonds is 1. The van der Waals surface area contributed by atoms with E-state index in [4.69, 9.17) is 4.98 Å². The van der Waals surface area contributed by atoms with Crippen LogP contribution in [0, 0.1) is 13.8 Å². The Morgan fingerprint density at radius 2 is 1.86 bits per heavy atom. The van der Waals surface area contributed by atoms with Crippen LogP contribution in [0.2, 0.25) is 0 Å². The van der Waals surface area contributed by atoms with Gasteiger partial charge in [-0.25, -0.2) is 4.79 Å². The first-order chi connectivity index (χ1) is 9.90. The highest BCUT2D eigenvalue weighted by atomic mass is 16.4. The summed E-state index contributed by atoms with van der Waals surface area (Å²) in [7, 11) is 0. The van der Waals surface area contributed by atoms with Crippen molar-refractivity contribution < 1.29 is 9.90 Å². The van der Waals surface area contributed by atoms with Crippen LogP contribution in [0.4, 0.5) is 0 Å². The van der Waals surface area contributed by atoms with E-state index in [0.717, 1.165) is 46.1 Å². The summed E-state index contributed by atoms with van der Waals surface area (Å²) in [6.45, 7) is 8.28. The summed E-state index contributed by atoms with van der Waals surface area (Å²) in [6.07, 6.45) is 2.11. The molecule has 0 saturated carbocycles. The van der Waals surface area contributed by atoms with Gasteiger partial charge in [0, 0.05) is 11.1 Å². The van der Waals surface area contributed by atoms with Crippen molar-refractivity contribution in [1.82, 2.24) is 4.98 Å². The van der Waals surface area contributed by atoms with Crippen molar-refractivity contribution >= 4 is 16.9 Å². The van der Waals surface area contributed by atoms with Gasteiger partial charge in [-0.2, -0.15) is 0 Å². The van der Waals surface area contributed by atoms with Crippen molar-refractivity contribution in [3.63, 3.8) is 0 Å². The summed E-state index contributed by atoms with van der Waals surface area (Å²) in [4.78, 5) is 16.8. The molecule has 110 valence electrons. The van der Waals surface area contributed by atoms with Crippen molar-refractivity contribution in [1.29, 1.82) is 0 Å². The Morgan fingerprint density at radius 1 is 1.19 bits per heavy atom. The fraction of sp³-hybridized carbons (Fsp3) is 0.444. The Labute approximate surface area is 125 Å². The summed E-state index contributed by atoms with van der Waals surface area (Å²) < 4.78 is 0. The molecular formula is C18H21NO2. The molecule has 0 spiro atoms. The topological polar surface area (TPSA) is 50.2 Å². The molecule has 3 rings (SSSR count). The number of carboxylic acid groups (broad SMARTS) is 1. The summed E-state index contributed by atoms with van der Waals surface area (Å²) in [6, 6.07) is 4.04. The summed E-state index contributed by atoms with van der Waals surface area (Å²) in [5.41, 5.74) is 5.38. The van der Waals surface area contributed by atoms with E-state index >= 15 is 0 Å². The van der Waals surface area contributed by atoms with Crippen molar-refractivity contribution in [3.05, 3.63) is 40.1 Å². The molecule has 2 aromatic rings. The number of hydrogen-bond acceptors (Lipinski definition) is 2. The van der Waals surface area contributed by atoms with Crippen molar-refractivity contribution in [2.45, 2.75) is 52.4 Å². The molecule has 2 unspecified atom stereocenters. The Hall–Kier alpha value is -1.90. The van der Waals surface area contributed by atoms with E-state index in [1.54, 1.807) is 0 Å². The molecule has 0 radical (unpaired) electrons. The van der Waals surface area contributed by atoms with Gasteiger partial charge < -0.3 is 5.11 Å². The molecule has 1 heterocycles. The van der Waals surface area contributed by atoms with E-state index in [1.165, 1.54) is 0 Å². The molecule has 3 nitrogen and oxygen atoms in total. The van der Waals surface area contributed by atoms with E-state index < -0.39 is 5.97 Å². The number of aromatic carboxylic acids is 1. The molecule has 1 aliphatic rings. The molecule has 0 saturated heterocycles. The predicted octanol–water partition coefficient (Wildman–Crippen LogP) is 4.55. The van der Waals surface area contributed by atoms with Gasteiger partial charge in [-0.1, -0.05) is 19.9 Å². The van der Waals surface area contributed by atoms with Crippen molar-refractivity contribution in [2.75, 3.05) is 0 Å². The molecule has 1 N–H and O–H groups in total. The van der Waals surface area contributed by atoms with Crippen LogP contribution in [-0.2, 0) is 0 Å². The Bertz CT molecular complexity index is 749. The fourth-order valence-electron chi connectivity index (χ4n) is 3.69. The number of aromatic nitrogens is 1. The highest BCUT2D eigenvalue weighted by Crippen LogP contribution is 2.42. The first kappa shape index (κ1) is 14.1. The van der Waals surface area contributed by atoms with Crippen molar-refractivity contribution in [2.24, 2.45) is 0 Å². The number of nitrogens with zero attached hydrogens (tertiary/aromatic N) is 1. The maximum atomic E-state index is 11.9. The second-order valence-corrected chi connectivity index (χ2v) is 6.45. The molecule has 1 aromatic carbocycles. The van der Waals surface area contributed by atoms with Crippen LogP contribution >= 0.6 is 0 Å². The van der Waals surface area contributed by atoms with Gasteiger partial charge in [-0.05, 0) is 61.3 Å². The van der Waals surface area contributed by atoms with Gasteiger partial charge in [0.1, 0.15) is 0 Å². The van der Waals surface area contributed by atoms with Gasteiger partial charge in [-0.3, -0.25) is 4.98 Å². The van der Waals surface area contributed by atoms with E-state index in [0.29, 0.717) is 11.5 Å². The van der Waals surface area contributed by atoms with E-state index in [2.05, 4.69) is 13.8 Å². The predicted molar refractivity (Wildman–Crippen MR) is 84.2 cm³/mol. The number of benzene rings is 1. The standard InChI is InChI=1S/C18H21NO2/c1-9-7-12(4)14-13(8-9)19-17-11(3)6-5-10(2)15(17)16(14)18(20)21/h7-8,10-11H,5-6H2,1-4H3,(H,20,21). The molecule has 3 heteroatoms. The normalized spacial score (nSPS) is 21.3. The molecule has 0 aliphatic heterocycles. The zero-order valence-electron chi connectivity index (χ0n) is 13.0. The van der Waals surface area contributed by atoms with E-state index in [1.807, 2.05) is 26.0 Å². The minimum atomic E-state index is -0.827. The number of hydrogen-bond donors (Lipinski definition) is 1. The van der Waals surface area contributed by atoms with Crippen LogP contribution in [-0.4, -0.2) is 16.1 Å². The lowest BCUT2D eigenvalue weighted by atomic mass is 9.77. The van der Waals surface area contributed by atoms with Gasteiger partial charge in [0.15, 0.2) is 0 Å². The molecule has 2 atom stereocenters. The third-order valence-corrected chi connectivity index (χ3v) is 4.70. The lowest BCUT2D eigenvalue weighted by molar-refractivity contribution is 0.0696. The molecule has 1 aliphatic carbocycles. The lowest BCUT2D eigenvalue weighted by Crippen LogP contribution is -2.18. The maximum absolute atomic E-state index is 11.9.